The van der Waals surface area contributed by atoms with Crippen molar-refractivity contribution in [2.75, 3.05) is 14.1 Å². The molecule has 3 aliphatic rings. The normalized spacial score (nSPS) is 23.8. The van der Waals surface area contributed by atoms with Gasteiger partial charge in [-0.2, -0.15) is 0 Å². The first-order valence-corrected chi connectivity index (χ1v) is 17.2. The second-order valence-electron chi connectivity index (χ2n) is 16.4. The van der Waals surface area contributed by atoms with Gasteiger partial charge >= 0.3 is 5.97 Å². The van der Waals surface area contributed by atoms with Crippen molar-refractivity contribution < 1.29 is 19.4 Å². The van der Waals surface area contributed by atoms with E-state index in [1.165, 1.54) is 5.56 Å². The minimum atomic E-state index is -1.17. The molecule has 47 heavy (non-hydrogen) atoms. The first-order chi connectivity index (χ1) is 21.9. The smallest absolute Gasteiger partial charge is 0.339 e. The highest BCUT2D eigenvalue weighted by molar-refractivity contribution is 5.97. The third kappa shape index (κ3) is 7.67. The Balaban J connectivity index is 1.45. The fourth-order valence-electron chi connectivity index (χ4n) is 8.02. The molecule has 2 fully saturated rings. The molecule has 1 N–H and O–H groups in total. The molecule has 1 unspecified atom stereocenters. The third-order valence-corrected chi connectivity index (χ3v) is 11.3. The van der Waals surface area contributed by atoms with Crippen LogP contribution in [-0.2, 0) is 9.47 Å². The van der Waals surface area contributed by atoms with Gasteiger partial charge in [-0.1, -0.05) is 72.9 Å². The zero-order valence-electron chi connectivity index (χ0n) is 30.2. The highest BCUT2D eigenvalue weighted by Gasteiger charge is 2.45. The SMILES string of the molecule is CN1C(C)(C)CC(OC(=O)c2cc(C(O)OC3CC(C)(C)N(C)C(C)(C)C3)ccc2-c2ccc(C3C=CC=CC=C3)cc2)CC1(C)C. The van der Waals surface area contributed by atoms with Gasteiger partial charge in [-0.25, -0.2) is 4.79 Å². The molecule has 1 atom stereocenters. The number of allylic oxidation sites excluding steroid dienone is 6. The number of rotatable bonds is 7. The maximum Gasteiger partial charge on any atom is 0.339 e. The van der Waals surface area contributed by atoms with Crippen molar-refractivity contribution >= 4 is 5.97 Å². The van der Waals surface area contributed by atoms with Gasteiger partial charge in [0.15, 0.2) is 6.29 Å². The number of nitrogens with zero attached hydrogens (tertiary/aromatic N) is 2. The van der Waals surface area contributed by atoms with Crippen LogP contribution < -0.4 is 0 Å². The summed E-state index contributed by atoms with van der Waals surface area (Å²) >= 11 is 0. The van der Waals surface area contributed by atoms with E-state index in [4.69, 9.17) is 9.47 Å². The molecule has 1 aliphatic carbocycles. The molecule has 2 aromatic carbocycles. The van der Waals surface area contributed by atoms with Gasteiger partial charge in [0.25, 0.3) is 0 Å². The number of esters is 1. The lowest BCUT2D eigenvalue weighted by Gasteiger charge is -2.53. The van der Waals surface area contributed by atoms with Gasteiger partial charge < -0.3 is 14.6 Å². The number of piperidine rings is 2. The Hall–Kier alpha value is -3.03. The van der Waals surface area contributed by atoms with Crippen molar-refractivity contribution in [1.82, 2.24) is 9.80 Å². The van der Waals surface area contributed by atoms with Crippen LogP contribution in [0.15, 0.2) is 78.9 Å². The summed E-state index contributed by atoms with van der Waals surface area (Å²) in [5, 5.41) is 11.4. The molecule has 6 nitrogen and oxygen atoms in total. The lowest BCUT2D eigenvalue weighted by Crippen LogP contribution is -2.60. The summed E-state index contributed by atoms with van der Waals surface area (Å²) < 4.78 is 12.7. The van der Waals surface area contributed by atoms with Crippen LogP contribution in [0.4, 0.5) is 0 Å². The highest BCUT2D eigenvalue weighted by Crippen LogP contribution is 2.41. The number of likely N-dealkylation sites (tertiary alicyclic amines) is 2. The van der Waals surface area contributed by atoms with E-state index in [2.05, 4.69) is 128 Å². The van der Waals surface area contributed by atoms with Crippen molar-refractivity contribution in [3.05, 3.63) is 95.6 Å². The molecule has 2 heterocycles. The summed E-state index contributed by atoms with van der Waals surface area (Å²) in [6, 6.07) is 13.9. The van der Waals surface area contributed by atoms with Crippen molar-refractivity contribution in [1.29, 1.82) is 0 Å². The van der Waals surface area contributed by atoms with E-state index in [1.807, 2.05) is 24.3 Å². The predicted molar refractivity (Wildman–Crippen MR) is 191 cm³/mol. The van der Waals surface area contributed by atoms with E-state index in [9.17, 15) is 9.90 Å². The molecule has 2 saturated heterocycles. The number of aliphatic hydroxyl groups excluding tert-OH is 1. The Morgan fingerprint density at radius 3 is 1.72 bits per heavy atom. The second-order valence-corrected chi connectivity index (χ2v) is 16.4. The van der Waals surface area contributed by atoms with Gasteiger partial charge in [0.2, 0.25) is 0 Å². The van der Waals surface area contributed by atoms with Crippen LogP contribution in [0, 0.1) is 0 Å². The van der Waals surface area contributed by atoms with Crippen LogP contribution in [0.3, 0.4) is 0 Å². The van der Waals surface area contributed by atoms with E-state index >= 15 is 0 Å². The highest BCUT2D eigenvalue weighted by atomic mass is 16.6. The monoisotopic (exact) mass is 640 g/mol. The number of carbonyl (C=O) groups excluding carboxylic acids is 1. The van der Waals surface area contributed by atoms with Crippen LogP contribution in [0.1, 0.15) is 115 Å². The third-order valence-electron chi connectivity index (χ3n) is 11.3. The Kier molecular flexibility index (Phi) is 9.84. The van der Waals surface area contributed by atoms with Crippen LogP contribution in [-0.4, -0.2) is 69.3 Å². The Bertz CT molecular complexity index is 1480. The zero-order chi connectivity index (χ0) is 34.4. The van der Waals surface area contributed by atoms with Crippen molar-refractivity contribution in [2.24, 2.45) is 0 Å². The van der Waals surface area contributed by atoms with Crippen molar-refractivity contribution in [3.8, 4) is 11.1 Å². The van der Waals surface area contributed by atoms with Gasteiger partial charge in [-0.3, -0.25) is 9.80 Å². The first-order valence-electron chi connectivity index (χ1n) is 17.2. The summed E-state index contributed by atoms with van der Waals surface area (Å²) in [6.07, 6.45) is 14.1. The second kappa shape index (κ2) is 13.1. The van der Waals surface area contributed by atoms with Crippen molar-refractivity contribution in [3.63, 3.8) is 0 Å². The van der Waals surface area contributed by atoms with Gasteiger partial charge in [0.05, 0.1) is 11.7 Å². The summed E-state index contributed by atoms with van der Waals surface area (Å²) in [7, 11) is 4.30. The van der Waals surface area contributed by atoms with Gasteiger partial charge in [0.1, 0.15) is 6.10 Å². The number of ether oxygens (including phenoxy) is 2. The summed E-state index contributed by atoms with van der Waals surface area (Å²) in [5.74, 6) is -0.189. The Labute approximate surface area is 283 Å². The molecule has 0 amide bonds. The van der Waals surface area contributed by atoms with Crippen LogP contribution in [0.2, 0.25) is 0 Å². The molecule has 0 bridgehead atoms. The quantitative estimate of drug-likeness (QED) is 0.242. The summed E-state index contributed by atoms with van der Waals surface area (Å²) in [4.78, 5) is 18.9. The van der Waals surface area contributed by atoms with Gasteiger partial charge in [-0.05, 0) is 105 Å². The van der Waals surface area contributed by atoms with E-state index in [0.717, 1.165) is 36.8 Å². The molecule has 0 aromatic heterocycles. The van der Waals surface area contributed by atoms with E-state index in [-0.39, 0.29) is 46.3 Å². The van der Waals surface area contributed by atoms with Crippen LogP contribution >= 0.6 is 0 Å². The molecule has 2 aliphatic heterocycles. The summed E-state index contributed by atoms with van der Waals surface area (Å²) in [6.45, 7) is 17.7. The fourth-order valence-corrected chi connectivity index (χ4v) is 8.02. The van der Waals surface area contributed by atoms with E-state index < -0.39 is 6.29 Å². The molecular weight excluding hydrogens is 584 g/mol. The molecule has 254 valence electrons. The lowest BCUT2D eigenvalue weighted by atomic mass is 9.78. The number of benzene rings is 2. The number of hydrogen-bond donors (Lipinski definition) is 1. The topological polar surface area (TPSA) is 62.2 Å². The van der Waals surface area contributed by atoms with E-state index in [0.29, 0.717) is 11.1 Å². The maximum atomic E-state index is 14.1. The number of aliphatic hydroxyl groups is 1. The number of hydrogen-bond acceptors (Lipinski definition) is 6. The Morgan fingerprint density at radius 1 is 0.723 bits per heavy atom. The molecule has 5 rings (SSSR count). The minimum Gasteiger partial charge on any atom is -0.459 e. The van der Waals surface area contributed by atoms with Crippen LogP contribution in [0.5, 0.6) is 0 Å². The van der Waals surface area contributed by atoms with E-state index in [1.54, 1.807) is 6.07 Å². The zero-order valence-corrected chi connectivity index (χ0v) is 30.2. The Morgan fingerprint density at radius 2 is 1.21 bits per heavy atom. The molecule has 6 heteroatoms. The largest absolute Gasteiger partial charge is 0.459 e. The minimum absolute atomic E-state index is 0.0778. The molecule has 2 aromatic rings. The van der Waals surface area contributed by atoms with Gasteiger partial charge in [-0.15, -0.1) is 0 Å². The molecule has 0 spiro atoms. The average molecular weight is 641 g/mol. The van der Waals surface area contributed by atoms with Gasteiger partial charge in [0, 0.05) is 46.5 Å². The fraction of sp³-hybridized carbons (Fsp3) is 0.537. The lowest BCUT2D eigenvalue weighted by molar-refractivity contribution is -0.180. The van der Waals surface area contributed by atoms with Crippen LogP contribution in [0.25, 0.3) is 11.1 Å². The van der Waals surface area contributed by atoms with Crippen molar-refractivity contribution in [2.45, 2.75) is 128 Å². The molecular formula is C41H56N2O4. The predicted octanol–water partition coefficient (Wildman–Crippen LogP) is 8.59. The maximum absolute atomic E-state index is 14.1. The summed E-state index contributed by atoms with van der Waals surface area (Å²) in [5.41, 5.74) is 3.47. The average Bonchev–Trinajstić information content (AvgIpc) is 3.28. The molecule has 0 saturated carbocycles. The number of carbonyl (C=O) groups is 1. The standard InChI is InChI=1S/C41H56N2O4/c1-38(2)24-32(25-39(3,4)42(38)9)46-36(44)31-21-22-34(30-19-17-29(18-20-30)28-15-13-11-12-14-16-28)35(23-31)37(45)47-33-26-40(5,6)43(10)41(7,8)27-33/h11-23,28,32-33,36,44H,24-27H2,1-10H3. The first kappa shape index (κ1) is 35.3. The molecule has 0 radical (unpaired) electrons.